The minimum Gasteiger partial charge on any atom is -0.390 e. The summed E-state index contributed by atoms with van der Waals surface area (Å²) >= 11 is 0. The number of rotatable bonds is 15. The number of aliphatic hydroxyl groups excluding tert-OH is 1. The van der Waals surface area contributed by atoms with Crippen molar-refractivity contribution in [3.05, 3.63) is 48.0 Å². The Morgan fingerprint density at radius 2 is 1.82 bits per heavy atom. The predicted octanol–water partition coefficient (Wildman–Crippen LogP) is 2.01. The highest BCUT2D eigenvalue weighted by Gasteiger charge is 2.37. The zero-order valence-electron chi connectivity index (χ0n) is 23.4. The lowest BCUT2D eigenvalue weighted by atomic mass is 10.00. The van der Waals surface area contributed by atoms with Gasteiger partial charge in [-0.1, -0.05) is 56.3 Å². The van der Waals surface area contributed by atoms with E-state index in [1.165, 1.54) is 0 Å². The molecule has 1 aliphatic rings. The van der Waals surface area contributed by atoms with E-state index in [1.54, 1.807) is 12.0 Å². The molecule has 9 heteroatoms. The molecular weight excluding hydrogens is 496 g/mol. The van der Waals surface area contributed by atoms with Gasteiger partial charge < -0.3 is 30.7 Å². The molecule has 2 aromatic rings. The highest BCUT2D eigenvalue weighted by Crippen LogP contribution is 2.23. The van der Waals surface area contributed by atoms with E-state index in [1.807, 2.05) is 56.3 Å². The Bertz CT molecular complexity index is 1090. The average molecular weight is 541 g/mol. The van der Waals surface area contributed by atoms with Crippen molar-refractivity contribution in [2.45, 2.75) is 64.1 Å². The van der Waals surface area contributed by atoms with Gasteiger partial charge in [-0.05, 0) is 42.0 Å². The summed E-state index contributed by atoms with van der Waals surface area (Å²) in [6, 6.07) is 12.5. The molecule has 0 bridgehead atoms. The maximum absolute atomic E-state index is 13.5. The lowest BCUT2D eigenvalue weighted by molar-refractivity contribution is -0.142. The van der Waals surface area contributed by atoms with E-state index in [9.17, 15) is 19.5 Å². The average Bonchev–Trinajstić information content (AvgIpc) is 3.44. The first kappa shape index (κ1) is 30.5. The normalized spacial score (nSPS) is 16.8. The monoisotopic (exact) mass is 540 g/mol. The van der Waals surface area contributed by atoms with Crippen molar-refractivity contribution in [2.24, 2.45) is 5.92 Å². The van der Waals surface area contributed by atoms with Crippen LogP contribution in [0.2, 0.25) is 0 Å². The van der Waals surface area contributed by atoms with Crippen LogP contribution in [0.3, 0.4) is 0 Å². The van der Waals surface area contributed by atoms with Gasteiger partial charge in [0.2, 0.25) is 17.7 Å². The summed E-state index contributed by atoms with van der Waals surface area (Å²) in [7, 11) is 1.61. The van der Waals surface area contributed by atoms with Crippen LogP contribution in [-0.2, 0) is 25.5 Å². The largest absolute Gasteiger partial charge is 0.390 e. The molecule has 1 unspecified atom stereocenters. The fourth-order valence-electron chi connectivity index (χ4n) is 5.11. The standard InChI is InChI=1S/C30H44N4O5/c1-4-22(5-2)30(38)34-15-8-11-27(34)29(37)33-26(28(36)32-20-25(35)19-31-14-16-39-3)18-21-12-13-23-9-6-7-10-24(23)17-21/h6-7,9-10,12-13,17,22,25-27,31,35H,4-5,8,11,14-16,18-20H2,1-3H3,(H,32,36)(H,33,37)/t25?,26-,27+/m1/s1. The number of methoxy groups -OCH3 is 1. The van der Waals surface area contributed by atoms with Crippen LogP contribution in [0.25, 0.3) is 10.8 Å². The summed E-state index contributed by atoms with van der Waals surface area (Å²) in [5.41, 5.74) is 0.910. The van der Waals surface area contributed by atoms with Gasteiger partial charge in [0.15, 0.2) is 0 Å². The summed E-state index contributed by atoms with van der Waals surface area (Å²) < 4.78 is 4.99. The first-order valence-electron chi connectivity index (χ1n) is 14.1. The van der Waals surface area contributed by atoms with Crippen molar-refractivity contribution in [2.75, 3.05) is 39.9 Å². The van der Waals surface area contributed by atoms with Gasteiger partial charge in [0, 0.05) is 45.6 Å². The lowest BCUT2D eigenvalue weighted by Gasteiger charge is -2.29. The Balaban J connectivity index is 1.71. The van der Waals surface area contributed by atoms with Crippen molar-refractivity contribution in [1.29, 1.82) is 0 Å². The molecule has 1 aliphatic heterocycles. The quantitative estimate of drug-likeness (QED) is 0.257. The molecule has 1 fully saturated rings. The molecule has 1 saturated heterocycles. The van der Waals surface area contributed by atoms with Crippen LogP contribution in [0.4, 0.5) is 0 Å². The summed E-state index contributed by atoms with van der Waals surface area (Å²) in [5.74, 6) is -0.774. The third kappa shape index (κ3) is 8.74. The van der Waals surface area contributed by atoms with Crippen molar-refractivity contribution in [3.8, 4) is 0 Å². The zero-order valence-corrected chi connectivity index (χ0v) is 23.4. The van der Waals surface area contributed by atoms with Crippen LogP contribution in [0, 0.1) is 5.92 Å². The minimum absolute atomic E-state index is 0.0114. The number of carbonyl (C=O) groups is 3. The molecule has 0 saturated carbocycles. The number of hydrogen-bond donors (Lipinski definition) is 4. The summed E-state index contributed by atoms with van der Waals surface area (Å²) in [5, 5.41) is 21.2. The van der Waals surface area contributed by atoms with Gasteiger partial charge in [0.05, 0.1) is 12.7 Å². The number of nitrogens with one attached hydrogen (secondary N) is 3. The number of benzene rings is 2. The van der Waals surface area contributed by atoms with Gasteiger partial charge in [-0.25, -0.2) is 0 Å². The second-order valence-corrected chi connectivity index (χ2v) is 10.2. The SMILES string of the molecule is CCC(CC)C(=O)N1CCC[C@H]1C(=O)N[C@H](Cc1ccc2ccccc2c1)C(=O)NCC(O)CNCCOC. The molecule has 0 radical (unpaired) electrons. The maximum Gasteiger partial charge on any atom is 0.243 e. The zero-order chi connectivity index (χ0) is 28.2. The minimum atomic E-state index is -0.849. The van der Waals surface area contributed by atoms with Crippen LogP contribution in [0.15, 0.2) is 42.5 Å². The van der Waals surface area contributed by atoms with E-state index in [-0.39, 0.29) is 36.6 Å². The highest BCUT2D eigenvalue weighted by molar-refractivity contribution is 5.93. The molecular formula is C30H44N4O5. The Labute approximate surface area is 231 Å². The first-order valence-corrected chi connectivity index (χ1v) is 14.1. The van der Waals surface area contributed by atoms with E-state index >= 15 is 0 Å². The first-order chi connectivity index (χ1) is 18.9. The van der Waals surface area contributed by atoms with Gasteiger partial charge >= 0.3 is 0 Å². The van der Waals surface area contributed by atoms with E-state index in [0.717, 1.165) is 35.6 Å². The molecule has 0 aromatic heterocycles. The fourth-order valence-corrected chi connectivity index (χ4v) is 5.11. The highest BCUT2D eigenvalue weighted by atomic mass is 16.5. The van der Waals surface area contributed by atoms with E-state index in [4.69, 9.17) is 4.74 Å². The third-order valence-electron chi connectivity index (χ3n) is 7.43. The number of ether oxygens (including phenoxy) is 1. The number of hydrogen-bond acceptors (Lipinski definition) is 6. The van der Waals surface area contributed by atoms with Crippen LogP contribution in [0.5, 0.6) is 0 Å². The fraction of sp³-hybridized carbons (Fsp3) is 0.567. The van der Waals surface area contributed by atoms with E-state index in [0.29, 0.717) is 32.7 Å². The van der Waals surface area contributed by atoms with Crippen LogP contribution in [-0.4, -0.2) is 85.8 Å². The Kier molecular flexibility index (Phi) is 12.2. The number of nitrogens with zero attached hydrogens (tertiary/aromatic N) is 1. The molecule has 2 aromatic carbocycles. The summed E-state index contributed by atoms with van der Waals surface area (Å²) in [4.78, 5) is 41.5. The molecule has 4 N–H and O–H groups in total. The van der Waals surface area contributed by atoms with Crippen molar-refractivity contribution in [1.82, 2.24) is 20.9 Å². The molecule has 9 nitrogen and oxygen atoms in total. The molecule has 1 heterocycles. The molecule has 39 heavy (non-hydrogen) atoms. The number of likely N-dealkylation sites (tertiary alicyclic amines) is 1. The second kappa shape index (κ2) is 15.5. The molecule has 214 valence electrons. The number of carbonyl (C=O) groups excluding carboxylic acids is 3. The summed E-state index contributed by atoms with van der Waals surface area (Å²) in [6.07, 6.45) is 2.30. The second-order valence-electron chi connectivity index (χ2n) is 10.2. The molecule has 0 aliphatic carbocycles. The van der Waals surface area contributed by atoms with Crippen molar-refractivity contribution in [3.63, 3.8) is 0 Å². The van der Waals surface area contributed by atoms with Crippen LogP contribution >= 0.6 is 0 Å². The van der Waals surface area contributed by atoms with Crippen LogP contribution < -0.4 is 16.0 Å². The van der Waals surface area contributed by atoms with Crippen LogP contribution in [0.1, 0.15) is 45.1 Å². The van der Waals surface area contributed by atoms with E-state index < -0.39 is 18.2 Å². The molecule has 0 spiro atoms. The van der Waals surface area contributed by atoms with Gasteiger partial charge in [-0.3, -0.25) is 14.4 Å². The number of amides is 3. The van der Waals surface area contributed by atoms with Crippen molar-refractivity contribution < 1.29 is 24.2 Å². The maximum atomic E-state index is 13.5. The topological polar surface area (TPSA) is 120 Å². The predicted molar refractivity (Wildman–Crippen MR) is 152 cm³/mol. The molecule has 3 atom stereocenters. The summed E-state index contributed by atoms with van der Waals surface area (Å²) in [6.45, 7) is 6.00. The third-order valence-corrected chi connectivity index (χ3v) is 7.43. The van der Waals surface area contributed by atoms with Gasteiger partial charge in [-0.15, -0.1) is 0 Å². The van der Waals surface area contributed by atoms with Gasteiger partial charge in [0.25, 0.3) is 0 Å². The van der Waals surface area contributed by atoms with E-state index in [2.05, 4.69) is 16.0 Å². The van der Waals surface area contributed by atoms with Crippen molar-refractivity contribution >= 4 is 28.5 Å². The van der Waals surface area contributed by atoms with Gasteiger partial charge in [0.1, 0.15) is 12.1 Å². The number of aliphatic hydroxyl groups is 1. The molecule has 3 rings (SSSR count). The Morgan fingerprint density at radius 1 is 1.08 bits per heavy atom. The molecule has 3 amide bonds. The Hall–Kier alpha value is -3.01. The van der Waals surface area contributed by atoms with Gasteiger partial charge in [-0.2, -0.15) is 0 Å². The Morgan fingerprint density at radius 3 is 2.54 bits per heavy atom. The number of fused-ring (bicyclic) bond motifs is 1. The smallest absolute Gasteiger partial charge is 0.243 e. The lowest BCUT2D eigenvalue weighted by Crippen LogP contribution is -2.55.